The van der Waals surface area contributed by atoms with E-state index in [4.69, 9.17) is 11.6 Å². The Bertz CT molecular complexity index is 1180. The Kier molecular flexibility index (Phi) is 7.27. The van der Waals surface area contributed by atoms with E-state index in [2.05, 4.69) is 19.9 Å². The number of aromatic nitrogens is 1. The quantitative estimate of drug-likeness (QED) is 0.530. The number of nitrogens with one attached hydrogen (secondary N) is 2. The molecule has 7 nitrogen and oxygen atoms in total. The molecule has 1 amide bonds. The Balaban J connectivity index is 1.29. The van der Waals surface area contributed by atoms with Crippen molar-refractivity contribution in [2.45, 2.75) is 30.3 Å². The molecule has 1 saturated heterocycles. The second kappa shape index (κ2) is 10.3. The van der Waals surface area contributed by atoms with Crippen molar-refractivity contribution in [1.29, 1.82) is 0 Å². The van der Waals surface area contributed by atoms with Gasteiger partial charge in [-0.05, 0) is 66.9 Å². The van der Waals surface area contributed by atoms with Crippen molar-refractivity contribution in [2.75, 3.05) is 17.8 Å². The fourth-order valence-corrected chi connectivity index (χ4v) is 4.96. The molecule has 0 aliphatic carbocycles. The van der Waals surface area contributed by atoms with E-state index in [1.54, 1.807) is 12.1 Å². The van der Waals surface area contributed by atoms with Crippen LogP contribution in [0.25, 0.3) is 0 Å². The van der Waals surface area contributed by atoms with Gasteiger partial charge in [0.25, 0.3) is 15.9 Å². The van der Waals surface area contributed by atoms with Gasteiger partial charge in [0.05, 0.1) is 10.6 Å². The first-order valence-electron chi connectivity index (χ1n) is 10.7. The highest BCUT2D eigenvalue weighted by Crippen LogP contribution is 2.18. The van der Waals surface area contributed by atoms with Crippen LogP contribution in [0.3, 0.4) is 0 Å². The Hall–Kier alpha value is -2.94. The number of sulfonamides is 1. The lowest BCUT2D eigenvalue weighted by atomic mass is 10.0. The summed E-state index contributed by atoms with van der Waals surface area (Å²) in [5.41, 5.74) is 2.08. The highest BCUT2D eigenvalue weighted by Gasteiger charge is 2.22. The Morgan fingerprint density at radius 2 is 1.61 bits per heavy atom. The second-order valence-electron chi connectivity index (χ2n) is 8.02. The van der Waals surface area contributed by atoms with Crippen LogP contribution < -0.4 is 10.0 Å². The molecule has 0 radical (unpaired) electrons. The average Bonchev–Trinajstić information content (AvgIpc) is 2.82. The Labute approximate surface area is 198 Å². The van der Waals surface area contributed by atoms with Crippen LogP contribution in [0.5, 0.6) is 0 Å². The summed E-state index contributed by atoms with van der Waals surface area (Å²) in [6, 6.07) is 17.0. The minimum atomic E-state index is -3.74. The van der Waals surface area contributed by atoms with Gasteiger partial charge in [-0.15, -0.1) is 0 Å². The summed E-state index contributed by atoms with van der Waals surface area (Å²) in [6.45, 7) is 2.65. The number of piperidine rings is 1. The molecule has 0 unspecified atom stereocenters. The van der Waals surface area contributed by atoms with E-state index in [-0.39, 0.29) is 16.8 Å². The molecule has 9 heteroatoms. The maximum atomic E-state index is 12.7. The van der Waals surface area contributed by atoms with Crippen LogP contribution in [0.4, 0.5) is 5.69 Å². The highest BCUT2D eigenvalue weighted by molar-refractivity contribution is 7.92. The average molecular weight is 485 g/mol. The third-order valence-corrected chi connectivity index (χ3v) is 7.25. The summed E-state index contributed by atoms with van der Waals surface area (Å²) >= 11 is 5.95. The number of hydrogen-bond acceptors (Lipinski definition) is 5. The van der Waals surface area contributed by atoms with Gasteiger partial charge in [-0.3, -0.25) is 19.4 Å². The summed E-state index contributed by atoms with van der Waals surface area (Å²) in [5, 5.41) is 3.80. The maximum absolute atomic E-state index is 12.7. The summed E-state index contributed by atoms with van der Waals surface area (Å²) in [4.78, 5) is 19.0. The minimum Gasteiger partial charge on any atom is -0.349 e. The molecule has 2 heterocycles. The van der Waals surface area contributed by atoms with Gasteiger partial charge >= 0.3 is 0 Å². The van der Waals surface area contributed by atoms with Crippen LogP contribution in [0.2, 0.25) is 5.02 Å². The number of halogens is 1. The van der Waals surface area contributed by atoms with Gasteiger partial charge in [0, 0.05) is 48.7 Å². The van der Waals surface area contributed by atoms with Crippen molar-refractivity contribution in [2.24, 2.45) is 0 Å². The molecule has 4 rings (SSSR count). The van der Waals surface area contributed by atoms with Gasteiger partial charge in [0.15, 0.2) is 0 Å². The normalized spacial score (nSPS) is 15.2. The van der Waals surface area contributed by atoms with Gasteiger partial charge in [0.1, 0.15) is 0 Å². The number of amides is 1. The molecular formula is C24H25ClN4O3S. The lowest BCUT2D eigenvalue weighted by Crippen LogP contribution is -2.44. The molecule has 33 heavy (non-hydrogen) atoms. The second-order valence-corrected chi connectivity index (χ2v) is 10.1. The van der Waals surface area contributed by atoms with Crippen molar-refractivity contribution in [1.82, 2.24) is 15.2 Å². The highest BCUT2D eigenvalue weighted by atomic mass is 35.5. The summed E-state index contributed by atoms with van der Waals surface area (Å²) < 4.78 is 27.6. The van der Waals surface area contributed by atoms with E-state index in [9.17, 15) is 13.2 Å². The number of likely N-dealkylation sites (tertiary alicyclic amines) is 1. The molecule has 1 aromatic heterocycles. The van der Waals surface area contributed by atoms with Crippen molar-refractivity contribution < 1.29 is 13.2 Å². The standard InChI is InChI=1S/C24H25ClN4O3S/c25-20-5-1-18(2-6-20)17-29-15-11-21(12-16-29)27-24(30)19-3-7-23(8-4-19)33(31,32)28-22-9-13-26-14-10-22/h1-10,13-14,21H,11-12,15-17H2,(H,26,28)(H,27,30). The first kappa shape index (κ1) is 23.2. The Morgan fingerprint density at radius 3 is 2.24 bits per heavy atom. The zero-order valence-electron chi connectivity index (χ0n) is 17.9. The molecule has 1 aliphatic rings. The van der Waals surface area contributed by atoms with Crippen LogP contribution in [0, 0.1) is 0 Å². The third-order valence-electron chi connectivity index (χ3n) is 5.60. The molecule has 1 aliphatic heterocycles. The Morgan fingerprint density at radius 1 is 0.970 bits per heavy atom. The number of rotatable bonds is 7. The van der Waals surface area contributed by atoms with Gasteiger partial charge in [0.2, 0.25) is 0 Å². The molecule has 0 saturated carbocycles. The van der Waals surface area contributed by atoms with Crippen molar-refractivity contribution in [3.63, 3.8) is 0 Å². The third kappa shape index (κ3) is 6.31. The van der Waals surface area contributed by atoms with Gasteiger partial charge < -0.3 is 5.32 Å². The van der Waals surface area contributed by atoms with Crippen molar-refractivity contribution >= 4 is 33.2 Å². The smallest absolute Gasteiger partial charge is 0.261 e. The van der Waals surface area contributed by atoms with Crippen LogP contribution in [-0.2, 0) is 16.6 Å². The monoisotopic (exact) mass is 484 g/mol. The van der Waals surface area contributed by atoms with E-state index in [0.29, 0.717) is 11.3 Å². The van der Waals surface area contributed by atoms with E-state index >= 15 is 0 Å². The zero-order chi connectivity index (χ0) is 23.3. The molecular weight excluding hydrogens is 460 g/mol. The molecule has 1 fully saturated rings. The molecule has 2 aromatic carbocycles. The van der Waals surface area contributed by atoms with E-state index in [1.165, 1.54) is 42.2 Å². The number of benzene rings is 2. The van der Waals surface area contributed by atoms with Crippen molar-refractivity contribution in [3.05, 3.63) is 89.2 Å². The number of anilines is 1. The first-order valence-corrected chi connectivity index (χ1v) is 12.6. The van der Waals surface area contributed by atoms with Gasteiger partial charge in [-0.2, -0.15) is 0 Å². The largest absolute Gasteiger partial charge is 0.349 e. The van der Waals surface area contributed by atoms with E-state index < -0.39 is 10.0 Å². The molecule has 3 aromatic rings. The van der Waals surface area contributed by atoms with E-state index in [1.807, 2.05) is 24.3 Å². The lowest BCUT2D eigenvalue weighted by molar-refractivity contribution is 0.0909. The predicted octanol–water partition coefficient (Wildman–Crippen LogP) is 3.93. The number of carbonyl (C=O) groups is 1. The summed E-state index contributed by atoms with van der Waals surface area (Å²) in [7, 11) is -3.74. The number of nitrogens with zero attached hydrogens (tertiary/aromatic N) is 2. The van der Waals surface area contributed by atoms with E-state index in [0.717, 1.165) is 37.5 Å². The molecule has 0 bridgehead atoms. The molecule has 0 atom stereocenters. The zero-order valence-corrected chi connectivity index (χ0v) is 19.5. The number of pyridine rings is 1. The van der Waals surface area contributed by atoms with Crippen LogP contribution >= 0.6 is 11.6 Å². The SMILES string of the molecule is O=C(NC1CCN(Cc2ccc(Cl)cc2)CC1)c1ccc(S(=O)(=O)Nc2ccncc2)cc1. The molecule has 2 N–H and O–H groups in total. The van der Waals surface area contributed by atoms with Crippen LogP contribution in [0.15, 0.2) is 78.0 Å². The van der Waals surface area contributed by atoms with Gasteiger partial charge in [-0.1, -0.05) is 23.7 Å². The van der Waals surface area contributed by atoms with Crippen LogP contribution in [0.1, 0.15) is 28.8 Å². The number of carbonyl (C=O) groups excluding carboxylic acids is 1. The number of hydrogen-bond donors (Lipinski definition) is 2. The summed E-state index contributed by atoms with van der Waals surface area (Å²) in [5.74, 6) is -0.197. The maximum Gasteiger partial charge on any atom is 0.261 e. The fraction of sp³-hybridized carbons (Fsp3) is 0.250. The summed E-state index contributed by atoms with van der Waals surface area (Å²) in [6.07, 6.45) is 4.74. The fourth-order valence-electron chi connectivity index (χ4n) is 3.77. The minimum absolute atomic E-state index is 0.0892. The molecule has 0 spiro atoms. The topological polar surface area (TPSA) is 91.4 Å². The van der Waals surface area contributed by atoms with Crippen LogP contribution in [-0.4, -0.2) is 43.3 Å². The predicted molar refractivity (Wildman–Crippen MR) is 129 cm³/mol. The van der Waals surface area contributed by atoms with Gasteiger partial charge in [-0.25, -0.2) is 8.42 Å². The van der Waals surface area contributed by atoms with Crippen molar-refractivity contribution in [3.8, 4) is 0 Å². The molecule has 172 valence electrons. The lowest BCUT2D eigenvalue weighted by Gasteiger charge is -2.32. The first-order chi connectivity index (χ1) is 15.9.